The number of rotatable bonds is 8. The molecule has 0 aromatic heterocycles. The second-order valence-corrected chi connectivity index (χ2v) is 4.55. The molecule has 6 nitrogen and oxygen atoms in total. The molecule has 21 heavy (non-hydrogen) atoms. The van der Waals surface area contributed by atoms with Crippen molar-refractivity contribution in [1.29, 1.82) is 0 Å². The monoisotopic (exact) mass is 297 g/mol. The molecule has 0 heterocycles. The van der Waals surface area contributed by atoms with Crippen LogP contribution in [-0.2, 0) is 20.8 Å². The maximum absolute atomic E-state index is 12.7. The van der Waals surface area contributed by atoms with Crippen LogP contribution in [0.2, 0.25) is 0 Å². The van der Waals surface area contributed by atoms with Crippen molar-refractivity contribution in [3.8, 4) is 0 Å². The summed E-state index contributed by atoms with van der Waals surface area (Å²) in [6.07, 6.45) is -0.0273. The summed E-state index contributed by atoms with van der Waals surface area (Å²) >= 11 is 0. The number of hydrogen-bond acceptors (Lipinski definition) is 3. The van der Waals surface area contributed by atoms with Crippen LogP contribution in [0.1, 0.15) is 24.8 Å². The van der Waals surface area contributed by atoms with Gasteiger partial charge in [0, 0.05) is 6.42 Å². The fourth-order valence-electron chi connectivity index (χ4n) is 1.75. The lowest BCUT2D eigenvalue weighted by molar-refractivity contribution is -0.142. The maximum atomic E-state index is 12.7. The van der Waals surface area contributed by atoms with Crippen LogP contribution in [0.25, 0.3) is 0 Å². The highest BCUT2D eigenvalue weighted by Gasteiger charge is 2.20. The number of carboxylic acid groups (broad SMARTS) is 2. The van der Waals surface area contributed by atoms with Gasteiger partial charge in [-0.2, -0.15) is 0 Å². The van der Waals surface area contributed by atoms with Crippen LogP contribution in [0.3, 0.4) is 0 Å². The van der Waals surface area contributed by atoms with E-state index in [1.165, 1.54) is 24.3 Å². The molecule has 7 heteroatoms. The first-order chi connectivity index (χ1) is 9.88. The van der Waals surface area contributed by atoms with E-state index in [0.29, 0.717) is 5.56 Å². The molecule has 0 unspecified atom stereocenters. The summed E-state index contributed by atoms with van der Waals surface area (Å²) in [6, 6.07) is 4.18. The number of aliphatic carboxylic acids is 2. The van der Waals surface area contributed by atoms with Gasteiger partial charge in [-0.3, -0.25) is 9.59 Å². The Bertz CT molecular complexity index is 515. The van der Waals surface area contributed by atoms with Crippen molar-refractivity contribution in [2.24, 2.45) is 0 Å². The van der Waals surface area contributed by atoms with Crippen LogP contribution in [0.15, 0.2) is 24.3 Å². The molecular formula is C14H16FNO5. The molecule has 0 bridgehead atoms. The van der Waals surface area contributed by atoms with Gasteiger partial charge in [0.15, 0.2) is 0 Å². The van der Waals surface area contributed by atoms with E-state index in [1.807, 2.05) is 0 Å². The third-order valence-corrected chi connectivity index (χ3v) is 2.79. The molecule has 1 aromatic rings. The van der Waals surface area contributed by atoms with Gasteiger partial charge in [-0.15, -0.1) is 0 Å². The topological polar surface area (TPSA) is 104 Å². The highest BCUT2D eigenvalue weighted by atomic mass is 19.1. The van der Waals surface area contributed by atoms with Crippen molar-refractivity contribution in [3.63, 3.8) is 0 Å². The van der Waals surface area contributed by atoms with E-state index in [9.17, 15) is 18.8 Å². The first-order valence-electron chi connectivity index (χ1n) is 6.37. The second-order valence-electron chi connectivity index (χ2n) is 4.55. The maximum Gasteiger partial charge on any atom is 0.326 e. The Morgan fingerprint density at radius 3 is 2.29 bits per heavy atom. The number of nitrogens with one attached hydrogen (secondary N) is 1. The largest absolute Gasteiger partial charge is 0.481 e. The van der Waals surface area contributed by atoms with Crippen LogP contribution in [0.4, 0.5) is 4.39 Å². The molecule has 0 aliphatic heterocycles. The smallest absolute Gasteiger partial charge is 0.326 e. The Kier molecular flexibility index (Phi) is 6.32. The summed E-state index contributed by atoms with van der Waals surface area (Å²) in [7, 11) is 0. The molecule has 0 spiro atoms. The summed E-state index contributed by atoms with van der Waals surface area (Å²) in [5.74, 6) is -3.16. The normalized spacial score (nSPS) is 11.7. The predicted molar refractivity (Wildman–Crippen MR) is 71.2 cm³/mol. The SMILES string of the molecule is O=C(O)CCC[C@@H](NC(=O)Cc1ccc(F)cc1)C(=O)O. The van der Waals surface area contributed by atoms with E-state index in [2.05, 4.69) is 5.32 Å². The van der Waals surface area contributed by atoms with Gasteiger partial charge in [-0.05, 0) is 30.5 Å². The molecule has 1 atom stereocenters. The van der Waals surface area contributed by atoms with Crippen molar-refractivity contribution in [2.45, 2.75) is 31.7 Å². The van der Waals surface area contributed by atoms with Gasteiger partial charge in [-0.25, -0.2) is 9.18 Å². The van der Waals surface area contributed by atoms with Crippen LogP contribution in [-0.4, -0.2) is 34.1 Å². The number of benzene rings is 1. The molecule has 0 aliphatic carbocycles. The van der Waals surface area contributed by atoms with Crippen molar-refractivity contribution in [1.82, 2.24) is 5.32 Å². The Morgan fingerprint density at radius 2 is 1.76 bits per heavy atom. The van der Waals surface area contributed by atoms with Gasteiger partial charge in [-0.1, -0.05) is 12.1 Å². The summed E-state index contributed by atoms with van der Waals surface area (Å²) in [5.41, 5.74) is 0.559. The minimum atomic E-state index is -1.21. The number of carboxylic acids is 2. The van der Waals surface area contributed by atoms with Crippen molar-refractivity contribution >= 4 is 17.8 Å². The van der Waals surface area contributed by atoms with Crippen molar-refractivity contribution < 1.29 is 29.0 Å². The standard InChI is InChI=1S/C14H16FNO5/c15-10-6-4-9(5-7-10)8-12(17)16-11(14(20)21)2-1-3-13(18)19/h4-7,11H,1-3,8H2,(H,16,17)(H,18,19)(H,20,21)/t11-/m1/s1. The Balaban J connectivity index is 2.50. The number of amides is 1. The van der Waals surface area contributed by atoms with Crippen LogP contribution >= 0.6 is 0 Å². The molecule has 114 valence electrons. The molecule has 3 N–H and O–H groups in total. The number of carbonyl (C=O) groups excluding carboxylic acids is 1. The molecule has 0 fully saturated rings. The number of carbonyl (C=O) groups is 3. The minimum absolute atomic E-state index is 0.0385. The summed E-state index contributed by atoms with van der Waals surface area (Å²) in [6.45, 7) is 0. The van der Waals surface area contributed by atoms with Crippen molar-refractivity contribution in [3.05, 3.63) is 35.6 Å². The van der Waals surface area contributed by atoms with E-state index in [-0.39, 0.29) is 25.7 Å². The van der Waals surface area contributed by atoms with Gasteiger partial charge >= 0.3 is 11.9 Å². The molecule has 0 saturated heterocycles. The van der Waals surface area contributed by atoms with E-state index < -0.39 is 29.7 Å². The van der Waals surface area contributed by atoms with Gasteiger partial charge in [0.2, 0.25) is 5.91 Å². The van der Waals surface area contributed by atoms with Crippen LogP contribution in [0, 0.1) is 5.82 Å². The lowest BCUT2D eigenvalue weighted by Crippen LogP contribution is -2.41. The fourth-order valence-corrected chi connectivity index (χ4v) is 1.75. The highest BCUT2D eigenvalue weighted by Crippen LogP contribution is 2.05. The van der Waals surface area contributed by atoms with E-state index in [1.54, 1.807) is 0 Å². The lowest BCUT2D eigenvalue weighted by Gasteiger charge is -2.14. The molecule has 0 aliphatic rings. The number of hydrogen-bond donors (Lipinski definition) is 3. The Hall–Kier alpha value is -2.44. The zero-order valence-electron chi connectivity index (χ0n) is 11.2. The summed E-state index contributed by atoms with van der Waals surface area (Å²) in [4.78, 5) is 33.1. The van der Waals surface area contributed by atoms with E-state index in [0.717, 1.165) is 0 Å². The second kappa shape index (κ2) is 7.98. The third-order valence-electron chi connectivity index (χ3n) is 2.79. The predicted octanol–water partition coefficient (Wildman–Crippen LogP) is 1.19. The van der Waals surface area contributed by atoms with Gasteiger partial charge in [0.25, 0.3) is 0 Å². The van der Waals surface area contributed by atoms with E-state index >= 15 is 0 Å². The summed E-state index contributed by atoms with van der Waals surface area (Å²) < 4.78 is 12.7. The molecule has 1 aromatic carbocycles. The molecule has 1 amide bonds. The highest BCUT2D eigenvalue weighted by molar-refractivity contribution is 5.84. The molecule has 1 rings (SSSR count). The van der Waals surface area contributed by atoms with Crippen molar-refractivity contribution in [2.75, 3.05) is 0 Å². The Labute approximate surface area is 120 Å². The molecular weight excluding hydrogens is 281 g/mol. The van der Waals surface area contributed by atoms with E-state index in [4.69, 9.17) is 10.2 Å². The first-order valence-corrected chi connectivity index (χ1v) is 6.37. The fraction of sp³-hybridized carbons (Fsp3) is 0.357. The zero-order chi connectivity index (χ0) is 15.8. The summed E-state index contributed by atoms with van der Waals surface area (Å²) in [5, 5.41) is 19.8. The van der Waals surface area contributed by atoms with Gasteiger partial charge in [0.05, 0.1) is 6.42 Å². The van der Waals surface area contributed by atoms with Crippen LogP contribution in [0.5, 0.6) is 0 Å². The zero-order valence-corrected chi connectivity index (χ0v) is 11.2. The third kappa shape index (κ3) is 6.51. The van der Waals surface area contributed by atoms with Gasteiger partial charge in [0.1, 0.15) is 11.9 Å². The number of halogens is 1. The molecule has 0 saturated carbocycles. The molecule has 0 radical (unpaired) electrons. The minimum Gasteiger partial charge on any atom is -0.481 e. The lowest BCUT2D eigenvalue weighted by atomic mass is 10.1. The van der Waals surface area contributed by atoms with Gasteiger partial charge < -0.3 is 15.5 Å². The first kappa shape index (κ1) is 16.6. The average Bonchev–Trinajstić information content (AvgIpc) is 2.39. The Morgan fingerprint density at radius 1 is 1.14 bits per heavy atom. The average molecular weight is 297 g/mol. The quantitative estimate of drug-likeness (QED) is 0.668. The van der Waals surface area contributed by atoms with Crippen LogP contribution < -0.4 is 5.32 Å².